The number of sulfonamides is 1. The number of rotatable bonds is 8. The molecule has 0 atom stereocenters. The predicted molar refractivity (Wildman–Crippen MR) is 105 cm³/mol. The summed E-state index contributed by atoms with van der Waals surface area (Å²) < 4.78 is 32.1. The Balaban J connectivity index is 2.24. The van der Waals surface area contributed by atoms with Gasteiger partial charge >= 0.3 is 0 Å². The van der Waals surface area contributed by atoms with Gasteiger partial charge in [0, 0.05) is 32.8 Å². The molecule has 1 amide bonds. The second-order valence-corrected chi connectivity index (χ2v) is 8.22. The smallest absolute Gasteiger partial charge is 0.254 e. The molecule has 0 fully saturated rings. The Bertz CT molecular complexity index is 910. The van der Waals surface area contributed by atoms with E-state index < -0.39 is 10.0 Å². The van der Waals surface area contributed by atoms with Crippen molar-refractivity contribution in [1.29, 1.82) is 0 Å². The van der Waals surface area contributed by atoms with E-state index in [0.29, 0.717) is 12.1 Å². The van der Waals surface area contributed by atoms with E-state index in [1.807, 2.05) is 31.2 Å². The molecule has 2 rings (SSSR count). The molecule has 0 heterocycles. The molecule has 0 unspecified atom stereocenters. The van der Waals surface area contributed by atoms with Crippen LogP contribution in [0.3, 0.4) is 0 Å². The van der Waals surface area contributed by atoms with Crippen LogP contribution < -0.4 is 4.72 Å². The maximum Gasteiger partial charge on any atom is 0.254 e. The summed E-state index contributed by atoms with van der Waals surface area (Å²) in [6.45, 7) is 4.69. The Kier molecular flexibility index (Phi) is 7.12. The first-order valence-corrected chi connectivity index (χ1v) is 10.1. The first-order chi connectivity index (χ1) is 12.8. The van der Waals surface area contributed by atoms with E-state index in [2.05, 4.69) is 4.72 Å². The summed E-state index contributed by atoms with van der Waals surface area (Å²) in [7, 11) is -0.482. The fourth-order valence-electron chi connectivity index (χ4n) is 2.68. The zero-order valence-electron chi connectivity index (χ0n) is 16.2. The topological polar surface area (TPSA) is 75.7 Å². The molecule has 0 aliphatic heterocycles. The highest BCUT2D eigenvalue weighted by Crippen LogP contribution is 2.19. The van der Waals surface area contributed by atoms with Gasteiger partial charge < -0.3 is 9.64 Å². The van der Waals surface area contributed by atoms with Crippen molar-refractivity contribution >= 4 is 15.9 Å². The summed E-state index contributed by atoms with van der Waals surface area (Å²) in [6.07, 6.45) is 0. The Morgan fingerprint density at radius 3 is 2.48 bits per heavy atom. The van der Waals surface area contributed by atoms with Gasteiger partial charge in [-0.1, -0.05) is 30.3 Å². The first kappa shape index (κ1) is 21.1. The van der Waals surface area contributed by atoms with E-state index in [0.717, 1.165) is 16.7 Å². The molecule has 7 heteroatoms. The lowest BCUT2D eigenvalue weighted by Gasteiger charge is -2.20. The van der Waals surface area contributed by atoms with Crippen molar-refractivity contribution in [3.05, 3.63) is 64.7 Å². The molecule has 0 aliphatic carbocycles. The largest absolute Gasteiger partial charge is 0.383 e. The van der Waals surface area contributed by atoms with Gasteiger partial charge in [-0.25, -0.2) is 13.1 Å². The lowest BCUT2D eigenvalue weighted by molar-refractivity contribution is 0.0784. The van der Waals surface area contributed by atoms with Crippen LogP contribution in [0.5, 0.6) is 0 Å². The molecule has 2 aromatic rings. The predicted octanol–water partition coefficient (Wildman–Crippen LogP) is 2.50. The van der Waals surface area contributed by atoms with E-state index in [4.69, 9.17) is 4.74 Å². The highest BCUT2D eigenvalue weighted by Gasteiger charge is 2.20. The van der Waals surface area contributed by atoms with Crippen molar-refractivity contribution in [2.45, 2.75) is 25.3 Å². The van der Waals surface area contributed by atoms with Crippen LogP contribution in [0.4, 0.5) is 0 Å². The third-order valence-corrected chi connectivity index (χ3v) is 5.82. The fraction of sp³-hybridized carbons (Fsp3) is 0.350. The summed E-state index contributed by atoms with van der Waals surface area (Å²) in [5.74, 6) is -0.218. The monoisotopic (exact) mass is 390 g/mol. The Morgan fingerprint density at radius 2 is 1.81 bits per heavy atom. The minimum Gasteiger partial charge on any atom is -0.383 e. The minimum absolute atomic E-state index is 0.0665. The van der Waals surface area contributed by atoms with Crippen LogP contribution >= 0.6 is 0 Å². The van der Waals surface area contributed by atoms with Gasteiger partial charge in [-0.15, -0.1) is 0 Å². The molecule has 0 saturated carbocycles. The van der Waals surface area contributed by atoms with Crippen molar-refractivity contribution in [1.82, 2.24) is 9.62 Å². The second kappa shape index (κ2) is 9.12. The number of amides is 1. The Morgan fingerprint density at radius 1 is 1.11 bits per heavy atom. The summed E-state index contributed by atoms with van der Waals surface area (Å²) in [5.41, 5.74) is 3.26. The molecule has 0 spiro atoms. The number of nitrogens with zero attached hydrogens (tertiary/aromatic N) is 1. The summed E-state index contributed by atoms with van der Waals surface area (Å²) in [5, 5.41) is 0. The summed E-state index contributed by atoms with van der Waals surface area (Å²) >= 11 is 0. The quantitative estimate of drug-likeness (QED) is 0.703. The third kappa shape index (κ3) is 5.38. The van der Waals surface area contributed by atoms with E-state index in [-0.39, 0.29) is 24.0 Å². The molecule has 0 radical (unpaired) electrons. The molecule has 6 nitrogen and oxygen atoms in total. The van der Waals surface area contributed by atoms with Crippen LogP contribution in [-0.2, 0) is 21.3 Å². The summed E-state index contributed by atoms with van der Waals surface area (Å²) in [4.78, 5) is 14.6. The van der Waals surface area contributed by atoms with Gasteiger partial charge in [-0.2, -0.15) is 0 Å². The Labute approximate surface area is 161 Å². The third-order valence-electron chi connectivity index (χ3n) is 4.36. The van der Waals surface area contributed by atoms with E-state index >= 15 is 0 Å². The number of benzene rings is 2. The van der Waals surface area contributed by atoms with Gasteiger partial charge in [0.2, 0.25) is 10.0 Å². The number of carbonyl (C=O) groups excluding carboxylic acids is 1. The van der Waals surface area contributed by atoms with Crippen molar-refractivity contribution in [3.63, 3.8) is 0 Å². The van der Waals surface area contributed by atoms with E-state index in [9.17, 15) is 13.2 Å². The van der Waals surface area contributed by atoms with Gasteiger partial charge in [0.25, 0.3) is 5.91 Å². The molecular formula is C20H26N2O4S. The number of aryl methyl sites for hydroxylation is 2. The van der Waals surface area contributed by atoms with Crippen LogP contribution in [0.1, 0.15) is 27.0 Å². The zero-order valence-corrected chi connectivity index (χ0v) is 17.0. The maximum absolute atomic E-state index is 12.9. The molecule has 2 aromatic carbocycles. The number of hydrogen-bond donors (Lipinski definition) is 1. The lowest BCUT2D eigenvalue weighted by atomic mass is 10.1. The fourth-order valence-corrected chi connectivity index (χ4v) is 3.72. The molecule has 0 aromatic heterocycles. The SMILES string of the molecule is COCCNS(=O)(=O)c1ccc(C)c(C(=O)N(C)Cc2ccccc2C)c1. The van der Waals surface area contributed by atoms with E-state index in [1.54, 1.807) is 24.9 Å². The average molecular weight is 391 g/mol. The molecule has 1 N–H and O–H groups in total. The van der Waals surface area contributed by atoms with Crippen LogP contribution in [0.2, 0.25) is 0 Å². The second-order valence-electron chi connectivity index (χ2n) is 6.46. The van der Waals surface area contributed by atoms with Gasteiger partial charge in [0.15, 0.2) is 0 Å². The van der Waals surface area contributed by atoms with Crippen LogP contribution in [0, 0.1) is 13.8 Å². The average Bonchev–Trinajstić information content (AvgIpc) is 2.63. The molecular weight excluding hydrogens is 364 g/mol. The standard InChI is InChI=1S/C20H26N2O4S/c1-15-7-5-6-8-17(15)14-22(3)20(23)19-13-18(10-9-16(19)2)27(24,25)21-11-12-26-4/h5-10,13,21H,11-12,14H2,1-4H3. The number of ether oxygens (including phenoxy) is 1. The van der Waals surface area contributed by atoms with Crippen LogP contribution in [-0.4, -0.2) is 46.5 Å². The molecule has 146 valence electrons. The van der Waals surface area contributed by atoms with Crippen molar-refractivity contribution < 1.29 is 17.9 Å². The van der Waals surface area contributed by atoms with Gasteiger partial charge in [0.05, 0.1) is 11.5 Å². The lowest BCUT2D eigenvalue weighted by Crippen LogP contribution is -2.29. The number of nitrogens with one attached hydrogen (secondary N) is 1. The van der Waals surface area contributed by atoms with Crippen molar-refractivity contribution in [2.75, 3.05) is 27.3 Å². The maximum atomic E-state index is 12.9. The summed E-state index contributed by atoms with van der Waals surface area (Å²) in [6, 6.07) is 12.5. The first-order valence-electron chi connectivity index (χ1n) is 8.65. The van der Waals surface area contributed by atoms with Gasteiger partial charge in [-0.05, 0) is 42.7 Å². The van der Waals surface area contributed by atoms with Crippen LogP contribution in [0.25, 0.3) is 0 Å². The number of hydrogen-bond acceptors (Lipinski definition) is 4. The van der Waals surface area contributed by atoms with E-state index in [1.165, 1.54) is 19.2 Å². The van der Waals surface area contributed by atoms with Crippen LogP contribution in [0.15, 0.2) is 47.4 Å². The number of carbonyl (C=O) groups is 1. The van der Waals surface area contributed by atoms with Gasteiger partial charge in [0.1, 0.15) is 0 Å². The van der Waals surface area contributed by atoms with Gasteiger partial charge in [-0.3, -0.25) is 4.79 Å². The normalized spacial score (nSPS) is 11.4. The van der Waals surface area contributed by atoms with Crippen molar-refractivity contribution in [3.8, 4) is 0 Å². The van der Waals surface area contributed by atoms with Crippen molar-refractivity contribution in [2.24, 2.45) is 0 Å². The zero-order chi connectivity index (χ0) is 20.0. The minimum atomic E-state index is -3.70. The molecule has 0 saturated heterocycles. The molecule has 0 aliphatic rings. The molecule has 0 bridgehead atoms. The number of methoxy groups -OCH3 is 1. The molecule has 27 heavy (non-hydrogen) atoms. The highest BCUT2D eigenvalue weighted by molar-refractivity contribution is 7.89. The Hall–Kier alpha value is -2.22. The highest BCUT2D eigenvalue weighted by atomic mass is 32.2.